The quantitative estimate of drug-likeness (QED) is 0.0986. The largest absolute Gasteiger partial charge is 0.508 e. The molecule has 3 amide bonds. The van der Waals surface area contributed by atoms with Crippen molar-refractivity contribution in [3.05, 3.63) is 132 Å². The molecule has 1 fully saturated rings. The van der Waals surface area contributed by atoms with Crippen LogP contribution in [0.2, 0.25) is 0 Å². The summed E-state index contributed by atoms with van der Waals surface area (Å²) in [5.74, 6) is -0.0615. The molecule has 1 saturated heterocycles. The second kappa shape index (κ2) is 14.7. The van der Waals surface area contributed by atoms with Gasteiger partial charge in [0.2, 0.25) is 5.91 Å². The van der Waals surface area contributed by atoms with E-state index >= 15 is 0 Å². The number of anilines is 1. The number of carbonyl (C=O) groups excluding carboxylic acids is 3. The minimum absolute atomic E-state index is 0.0945. The van der Waals surface area contributed by atoms with Crippen molar-refractivity contribution in [1.82, 2.24) is 15.5 Å². The van der Waals surface area contributed by atoms with Crippen LogP contribution in [-0.4, -0.2) is 58.2 Å². The first kappa shape index (κ1) is 32.1. The molecule has 0 aromatic heterocycles. The summed E-state index contributed by atoms with van der Waals surface area (Å²) in [7, 11) is 0. The summed E-state index contributed by atoms with van der Waals surface area (Å²) in [6.45, 7) is 2.15. The number of aromatic hydroxyl groups is 2. The highest BCUT2D eigenvalue weighted by atomic mass is 16.5. The van der Waals surface area contributed by atoms with E-state index in [0.717, 1.165) is 34.9 Å². The maximum atomic E-state index is 13.5. The number of nitrogens with zero attached hydrogens (tertiary/aromatic N) is 1. The lowest BCUT2D eigenvalue weighted by Gasteiger charge is -2.22. The number of rotatable bonds is 10. The Labute approximate surface area is 278 Å². The number of carbonyl (C=O) groups is 3. The fraction of sp³-hybridized carbons (Fsp3) is 0.184. The molecule has 5 aromatic rings. The van der Waals surface area contributed by atoms with Crippen LogP contribution in [0.5, 0.6) is 17.2 Å². The SMILES string of the molecule is O=C(Nc1ccc(C(=O)Oc2cccc3ccccc23)cc1)N[C@@H](Cc1ccc(O)cc1)C(=O)NC1CCN(Cc2ccc(O)cc2)C1. The molecule has 48 heavy (non-hydrogen) atoms. The van der Waals surface area contributed by atoms with Gasteiger partial charge < -0.3 is 30.9 Å². The average molecular weight is 645 g/mol. The van der Waals surface area contributed by atoms with E-state index in [4.69, 9.17) is 4.74 Å². The molecular formula is C38H36N4O6. The highest BCUT2D eigenvalue weighted by Gasteiger charge is 2.28. The molecule has 244 valence electrons. The van der Waals surface area contributed by atoms with Gasteiger partial charge in [0.05, 0.1) is 5.56 Å². The van der Waals surface area contributed by atoms with Crippen molar-refractivity contribution in [2.24, 2.45) is 0 Å². The average Bonchev–Trinajstić information content (AvgIpc) is 3.53. The molecule has 0 spiro atoms. The number of urea groups is 1. The number of likely N-dealkylation sites (tertiary alicyclic amines) is 1. The molecule has 0 bridgehead atoms. The van der Waals surface area contributed by atoms with Crippen LogP contribution in [0.1, 0.15) is 27.9 Å². The first-order chi connectivity index (χ1) is 23.3. The number of fused-ring (bicyclic) bond motifs is 1. The minimum atomic E-state index is -0.893. The van der Waals surface area contributed by atoms with Crippen LogP contribution in [0, 0.1) is 0 Å². The molecule has 5 N–H and O–H groups in total. The van der Waals surface area contributed by atoms with Crippen molar-refractivity contribution in [1.29, 1.82) is 0 Å². The standard InChI is InChI=1S/C38H36N4O6/c43-31-16-8-25(9-17-31)22-34(36(45)39-30-20-21-42(24-30)23-26-10-18-32(44)19-11-26)41-38(47)40-29-14-12-28(13-15-29)37(46)48-35-7-3-5-27-4-1-2-6-33(27)35/h1-19,30,34,43-44H,20-24H2,(H,39,45)(H2,40,41,47)/t30?,34-/m0/s1. The van der Waals surface area contributed by atoms with E-state index in [1.165, 1.54) is 12.1 Å². The lowest BCUT2D eigenvalue weighted by atomic mass is 10.0. The number of nitrogens with one attached hydrogen (secondary N) is 3. The van der Waals surface area contributed by atoms with Gasteiger partial charge in [0, 0.05) is 43.2 Å². The van der Waals surface area contributed by atoms with Crippen LogP contribution in [0.25, 0.3) is 10.8 Å². The maximum Gasteiger partial charge on any atom is 0.343 e. The summed E-state index contributed by atoms with van der Waals surface area (Å²) < 4.78 is 5.66. The molecule has 1 aliphatic rings. The molecule has 5 aromatic carbocycles. The van der Waals surface area contributed by atoms with Gasteiger partial charge >= 0.3 is 12.0 Å². The normalized spacial score (nSPS) is 15.0. The zero-order valence-electron chi connectivity index (χ0n) is 26.1. The Kier molecular flexibility index (Phi) is 9.83. The highest BCUT2D eigenvalue weighted by Crippen LogP contribution is 2.26. The summed E-state index contributed by atoms with van der Waals surface area (Å²) >= 11 is 0. The van der Waals surface area contributed by atoms with Crippen LogP contribution >= 0.6 is 0 Å². The van der Waals surface area contributed by atoms with Gasteiger partial charge in [-0.1, -0.05) is 60.7 Å². The number of hydrogen-bond acceptors (Lipinski definition) is 7. The highest BCUT2D eigenvalue weighted by molar-refractivity contribution is 5.97. The van der Waals surface area contributed by atoms with Gasteiger partial charge in [-0.05, 0) is 77.5 Å². The molecular weight excluding hydrogens is 608 g/mol. The van der Waals surface area contributed by atoms with Crippen LogP contribution < -0.4 is 20.7 Å². The zero-order valence-corrected chi connectivity index (χ0v) is 26.1. The maximum absolute atomic E-state index is 13.5. The fourth-order valence-corrected chi connectivity index (χ4v) is 5.79. The van der Waals surface area contributed by atoms with E-state index in [0.29, 0.717) is 30.1 Å². The third kappa shape index (κ3) is 8.28. The molecule has 6 rings (SSSR count). The summed E-state index contributed by atoms with van der Waals surface area (Å²) in [4.78, 5) is 41.7. The number of amides is 3. The van der Waals surface area contributed by atoms with Gasteiger partial charge in [-0.15, -0.1) is 0 Å². The Morgan fingerprint density at radius 2 is 1.46 bits per heavy atom. The van der Waals surface area contributed by atoms with Crippen molar-refractivity contribution >= 4 is 34.4 Å². The Bertz CT molecular complexity index is 1890. The number of hydrogen-bond donors (Lipinski definition) is 5. The molecule has 10 heteroatoms. The van der Waals surface area contributed by atoms with Crippen LogP contribution in [0.15, 0.2) is 115 Å². The molecule has 1 unspecified atom stereocenters. The topological polar surface area (TPSA) is 140 Å². The van der Waals surface area contributed by atoms with Gasteiger partial charge in [-0.25, -0.2) is 9.59 Å². The van der Waals surface area contributed by atoms with Crippen LogP contribution in [0.4, 0.5) is 10.5 Å². The number of phenolic OH excluding ortho intramolecular Hbond substituents is 2. The lowest BCUT2D eigenvalue weighted by molar-refractivity contribution is -0.123. The second-order valence-corrected chi connectivity index (χ2v) is 11.9. The Hall–Kier alpha value is -5.87. The summed E-state index contributed by atoms with van der Waals surface area (Å²) in [5, 5.41) is 29.7. The smallest absolute Gasteiger partial charge is 0.343 e. The van der Waals surface area contributed by atoms with E-state index < -0.39 is 18.0 Å². The minimum Gasteiger partial charge on any atom is -0.508 e. The van der Waals surface area contributed by atoms with E-state index in [1.54, 1.807) is 54.6 Å². The van der Waals surface area contributed by atoms with Gasteiger partial charge in [0.25, 0.3) is 0 Å². The predicted molar refractivity (Wildman–Crippen MR) is 183 cm³/mol. The van der Waals surface area contributed by atoms with Crippen molar-refractivity contribution < 1.29 is 29.3 Å². The molecule has 0 aliphatic carbocycles. The van der Waals surface area contributed by atoms with Crippen molar-refractivity contribution in [2.45, 2.75) is 31.5 Å². The Morgan fingerprint density at radius 3 is 2.19 bits per heavy atom. The molecule has 10 nitrogen and oxygen atoms in total. The van der Waals surface area contributed by atoms with Gasteiger partial charge in [-0.3, -0.25) is 9.69 Å². The monoisotopic (exact) mass is 644 g/mol. The summed E-state index contributed by atoms with van der Waals surface area (Å²) in [6, 6.07) is 31.5. The number of ether oxygens (including phenoxy) is 1. The van der Waals surface area contributed by atoms with Gasteiger partial charge in [0.1, 0.15) is 23.3 Å². The Balaban J connectivity index is 1.06. The number of esters is 1. The second-order valence-electron chi connectivity index (χ2n) is 11.9. The first-order valence-corrected chi connectivity index (χ1v) is 15.7. The van der Waals surface area contributed by atoms with Crippen molar-refractivity contribution in [3.63, 3.8) is 0 Å². The van der Waals surface area contributed by atoms with E-state index in [9.17, 15) is 24.6 Å². The van der Waals surface area contributed by atoms with Crippen molar-refractivity contribution in [2.75, 3.05) is 18.4 Å². The van der Waals surface area contributed by atoms with E-state index in [-0.39, 0.29) is 29.9 Å². The predicted octanol–water partition coefficient (Wildman–Crippen LogP) is 5.59. The van der Waals surface area contributed by atoms with Crippen LogP contribution in [-0.2, 0) is 17.8 Å². The third-order valence-corrected chi connectivity index (χ3v) is 8.29. The zero-order chi connectivity index (χ0) is 33.5. The van der Waals surface area contributed by atoms with E-state index in [1.807, 2.05) is 48.5 Å². The molecule has 1 aliphatic heterocycles. The summed E-state index contributed by atoms with van der Waals surface area (Å²) in [5.41, 5.74) is 2.58. The van der Waals surface area contributed by atoms with Crippen molar-refractivity contribution in [3.8, 4) is 17.2 Å². The molecule has 0 radical (unpaired) electrons. The number of phenols is 2. The molecule has 0 saturated carbocycles. The first-order valence-electron chi connectivity index (χ1n) is 15.7. The fourth-order valence-electron chi connectivity index (χ4n) is 5.79. The van der Waals surface area contributed by atoms with Gasteiger partial charge in [0.15, 0.2) is 0 Å². The summed E-state index contributed by atoms with van der Waals surface area (Å²) in [6.07, 6.45) is 0.972. The van der Waals surface area contributed by atoms with Gasteiger partial charge in [-0.2, -0.15) is 0 Å². The molecule has 2 atom stereocenters. The van der Waals surface area contributed by atoms with Crippen LogP contribution in [0.3, 0.4) is 0 Å². The Morgan fingerprint density at radius 1 is 0.792 bits per heavy atom. The lowest BCUT2D eigenvalue weighted by Crippen LogP contribution is -2.52. The third-order valence-electron chi connectivity index (χ3n) is 8.29. The van der Waals surface area contributed by atoms with E-state index in [2.05, 4.69) is 20.9 Å². The molecule has 1 heterocycles. The number of benzene rings is 5.